The highest BCUT2D eigenvalue weighted by Gasteiger charge is 2.20. The van der Waals surface area contributed by atoms with Gasteiger partial charge in [-0.25, -0.2) is 15.0 Å². The van der Waals surface area contributed by atoms with Crippen molar-refractivity contribution in [2.24, 2.45) is 0 Å². The summed E-state index contributed by atoms with van der Waals surface area (Å²) in [7, 11) is 0. The van der Waals surface area contributed by atoms with E-state index in [-0.39, 0.29) is 0 Å². The zero-order chi connectivity index (χ0) is 34.7. The van der Waals surface area contributed by atoms with Crippen LogP contribution in [-0.2, 0) is 0 Å². The van der Waals surface area contributed by atoms with Crippen LogP contribution >= 0.6 is 0 Å². The first-order valence-electron chi connectivity index (χ1n) is 17.4. The molecule has 0 radical (unpaired) electrons. The van der Waals surface area contributed by atoms with Crippen LogP contribution in [0.5, 0.6) is 0 Å². The molecule has 0 N–H and O–H groups in total. The minimum atomic E-state index is 0.607. The highest BCUT2D eigenvalue weighted by molar-refractivity contribution is 6.03. The summed E-state index contributed by atoms with van der Waals surface area (Å²) in [5.74, 6) is 1.86. The van der Waals surface area contributed by atoms with E-state index in [0.717, 1.165) is 55.4 Å². The van der Waals surface area contributed by atoms with Gasteiger partial charge < -0.3 is 0 Å². The predicted molar refractivity (Wildman–Crippen MR) is 213 cm³/mol. The maximum atomic E-state index is 5.08. The summed E-state index contributed by atoms with van der Waals surface area (Å²) in [6, 6.07) is 65.2. The van der Waals surface area contributed by atoms with Crippen molar-refractivity contribution in [1.82, 2.24) is 19.9 Å². The van der Waals surface area contributed by atoms with Gasteiger partial charge in [0.25, 0.3) is 0 Å². The highest BCUT2D eigenvalue weighted by atomic mass is 15.0. The first-order chi connectivity index (χ1) is 25.8. The van der Waals surface area contributed by atoms with E-state index in [0.29, 0.717) is 17.5 Å². The Morgan fingerprint density at radius 1 is 0.288 bits per heavy atom. The number of para-hydroxylation sites is 1. The molecule has 4 heteroatoms. The number of hydrogen-bond acceptors (Lipinski definition) is 4. The molecule has 0 aliphatic heterocycles. The summed E-state index contributed by atoms with van der Waals surface area (Å²) in [4.78, 5) is 20.0. The number of benzene rings is 7. The van der Waals surface area contributed by atoms with E-state index in [1.54, 1.807) is 0 Å². The average molecular weight is 665 g/mol. The predicted octanol–water partition coefficient (Wildman–Crippen LogP) is 12.1. The summed E-state index contributed by atoms with van der Waals surface area (Å²) in [5, 5.41) is 1.08. The Morgan fingerprint density at radius 3 is 1.42 bits per heavy atom. The lowest BCUT2D eigenvalue weighted by molar-refractivity contribution is 1.07. The molecule has 0 saturated carbocycles. The van der Waals surface area contributed by atoms with Crippen molar-refractivity contribution in [3.63, 3.8) is 0 Å². The molecule has 2 heterocycles. The number of pyridine rings is 1. The number of fused-ring (bicyclic) bond motifs is 1. The van der Waals surface area contributed by atoms with Gasteiger partial charge in [-0.05, 0) is 51.1 Å². The molecule has 9 aromatic rings. The lowest BCUT2D eigenvalue weighted by Gasteiger charge is -2.20. The average Bonchev–Trinajstić information content (AvgIpc) is 3.24. The lowest BCUT2D eigenvalue weighted by Crippen LogP contribution is -2.01. The molecule has 0 aliphatic rings. The smallest absolute Gasteiger partial charge is 0.164 e. The summed E-state index contributed by atoms with van der Waals surface area (Å²) < 4.78 is 0. The maximum Gasteiger partial charge on any atom is 0.164 e. The fourth-order valence-corrected chi connectivity index (χ4v) is 6.95. The molecular formula is C48H32N4. The van der Waals surface area contributed by atoms with Crippen molar-refractivity contribution < 1.29 is 0 Å². The Hall–Kier alpha value is -7.04. The summed E-state index contributed by atoms with van der Waals surface area (Å²) in [5.41, 5.74) is 12.7. The van der Waals surface area contributed by atoms with Gasteiger partial charge in [-0.15, -0.1) is 0 Å². The molecule has 0 amide bonds. The first kappa shape index (κ1) is 31.0. The second-order valence-electron chi connectivity index (χ2n) is 12.6. The van der Waals surface area contributed by atoms with Crippen LogP contribution in [0, 0.1) is 0 Å². The van der Waals surface area contributed by atoms with E-state index in [1.165, 1.54) is 16.7 Å². The van der Waals surface area contributed by atoms with Gasteiger partial charge in [-0.3, -0.25) is 4.98 Å². The van der Waals surface area contributed by atoms with Crippen LogP contribution < -0.4 is 0 Å². The van der Waals surface area contributed by atoms with Gasteiger partial charge in [0.15, 0.2) is 17.5 Å². The van der Waals surface area contributed by atoms with E-state index < -0.39 is 0 Å². The Balaban J connectivity index is 1.32. The molecule has 0 unspecified atom stereocenters. The van der Waals surface area contributed by atoms with Gasteiger partial charge in [0.1, 0.15) is 0 Å². The molecule has 0 fully saturated rings. The van der Waals surface area contributed by atoms with E-state index in [4.69, 9.17) is 19.9 Å². The molecule has 9 rings (SSSR count). The van der Waals surface area contributed by atoms with Crippen molar-refractivity contribution in [3.8, 4) is 78.7 Å². The van der Waals surface area contributed by atoms with Gasteiger partial charge in [-0.2, -0.15) is 0 Å². The maximum absolute atomic E-state index is 5.08. The second kappa shape index (κ2) is 13.7. The molecular weight excluding hydrogens is 633 g/mol. The minimum absolute atomic E-state index is 0.607. The van der Waals surface area contributed by atoms with Crippen LogP contribution in [0.1, 0.15) is 0 Å². The molecule has 52 heavy (non-hydrogen) atoms. The van der Waals surface area contributed by atoms with Gasteiger partial charge in [0.05, 0.1) is 5.52 Å². The second-order valence-corrected chi connectivity index (χ2v) is 12.6. The number of nitrogens with zero attached hydrogens (tertiary/aromatic N) is 4. The SMILES string of the molecule is c1ccc(-c2nc(-c3ccccc3)nc(-c3ccc(-c4cccc(-c5ccccc5)c4-c4ccccc4)c(-c4cccc5cccnc45)c3)n2)cc1. The van der Waals surface area contributed by atoms with Crippen LogP contribution in [0.4, 0.5) is 0 Å². The van der Waals surface area contributed by atoms with Gasteiger partial charge >= 0.3 is 0 Å². The number of rotatable bonds is 7. The minimum Gasteiger partial charge on any atom is -0.256 e. The Bertz CT molecular complexity index is 2590. The summed E-state index contributed by atoms with van der Waals surface area (Å²) in [6.45, 7) is 0. The molecule has 7 aromatic carbocycles. The zero-order valence-corrected chi connectivity index (χ0v) is 28.3. The topological polar surface area (TPSA) is 51.6 Å². The fourth-order valence-electron chi connectivity index (χ4n) is 6.95. The van der Waals surface area contributed by atoms with E-state index in [2.05, 4.69) is 121 Å². The first-order valence-corrected chi connectivity index (χ1v) is 17.4. The standard InChI is InChI=1S/C48H32N4/c1-5-16-33(17-6-1)39-26-14-27-41(44(39)34-18-7-2-8-19-34)40-30-29-38(32-43(40)42-28-13-24-35-25-15-31-49-45(35)42)48-51-46(36-20-9-3-10-21-36)50-47(52-48)37-22-11-4-12-23-37/h1-32H. The van der Waals surface area contributed by atoms with Crippen LogP contribution in [0.2, 0.25) is 0 Å². The van der Waals surface area contributed by atoms with Crippen molar-refractivity contribution in [3.05, 3.63) is 194 Å². The number of hydrogen-bond donors (Lipinski definition) is 0. The molecule has 2 aromatic heterocycles. The normalized spacial score (nSPS) is 11.1. The monoisotopic (exact) mass is 664 g/mol. The molecule has 4 nitrogen and oxygen atoms in total. The van der Waals surface area contributed by atoms with Gasteiger partial charge in [-0.1, -0.05) is 176 Å². The molecule has 0 spiro atoms. The summed E-state index contributed by atoms with van der Waals surface area (Å²) >= 11 is 0. The van der Waals surface area contributed by atoms with Crippen LogP contribution in [-0.4, -0.2) is 19.9 Å². The van der Waals surface area contributed by atoms with Crippen molar-refractivity contribution >= 4 is 10.9 Å². The molecule has 244 valence electrons. The van der Waals surface area contributed by atoms with Gasteiger partial charge in [0, 0.05) is 33.8 Å². The van der Waals surface area contributed by atoms with Gasteiger partial charge in [0.2, 0.25) is 0 Å². The van der Waals surface area contributed by atoms with Crippen LogP contribution in [0.15, 0.2) is 194 Å². The fraction of sp³-hybridized carbons (Fsp3) is 0. The van der Waals surface area contributed by atoms with Crippen LogP contribution in [0.3, 0.4) is 0 Å². The van der Waals surface area contributed by atoms with Crippen molar-refractivity contribution in [2.75, 3.05) is 0 Å². The Labute approximate surface area is 302 Å². The third-order valence-corrected chi connectivity index (χ3v) is 9.40. The lowest BCUT2D eigenvalue weighted by atomic mass is 9.84. The van der Waals surface area contributed by atoms with Crippen molar-refractivity contribution in [1.29, 1.82) is 0 Å². The highest BCUT2D eigenvalue weighted by Crippen LogP contribution is 2.45. The summed E-state index contributed by atoms with van der Waals surface area (Å²) in [6.07, 6.45) is 1.87. The number of aromatic nitrogens is 4. The van der Waals surface area contributed by atoms with E-state index in [9.17, 15) is 0 Å². The van der Waals surface area contributed by atoms with Crippen molar-refractivity contribution in [2.45, 2.75) is 0 Å². The molecule has 0 bridgehead atoms. The largest absolute Gasteiger partial charge is 0.256 e. The molecule has 0 aliphatic carbocycles. The third-order valence-electron chi connectivity index (χ3n) is 9.40. The Morgan fingerprint density at radius 2 is 0.788 bits per heavy atom. The Kier molecular flexibility index (Phi) is 8.16. The molecule has 0 atom stereocenters. The van der Waals surface area contributed by atoms with Crippen LogP contribution in [0.25, 0.3) is 89.6 Å². The van der Waals surface area contributed by atoms with E-state index in [1.807, 2.05) is 72.9 Å². The molecule has 0 saturated heterocycles. The third kappa shape index (κ3) is 5.93. The quantitative estimate of drug-likeness (QED) is 0.170. The van der Waals surface area contributed by atoms with E-state index >= 15 is 0 Å². The zero-order valence-electron chi connectivity index (χ0n) is 28.3.